The van der Waals surface area contributed by atoms with E-state index in [-0.39, 0.29) is 5.91 Å². The van der Waals surface area contributed by atoms with E-state index in [2.05, 4.69) is 33.8 Å². The number of imidazole rings is 1. The minimum absolute atomic E-state index is 0.101. The van der Waals surface area contributed by atoms with Gasteiger partial charge in [-0.25, -0.2) is 4.98 Å². The Kier molecular flexibility index (Phi) is 4.55. The summed E-state index contributed by atoms with van der Waals surface area (Å²) in [7, 11) is 0. The molecule has 0 atom stereocenters. The summed E-state index contributed by atoms with van der Waals surface area (Å²) in [6, 6.07) is 10.5. The lowest BCUT2D eigenvalue weighted by molar-refractivity contribution is -0.128. The highest BCUT2D eigenvalue weighted by atomic mass is 16.5. The van der Waals surface area contributed by atoms with Crippen LogP contribution in [0.1, 0.15) is 29.8 Å². The molecule has 4 rings (SSSR count). The van der Waals surface area contributed by atoms with E-state index in [1.165, 1.54) is 11.3 Å². The highest BCUT2D eigenvalue weighted by Crippen LogP contribution is 2.22. The Bertz CT molecular complexity index is 779. The number of hydrogen-bond acceptors (Lipinski definition) is 3. The lowest BCUT2D eigenvalue weighted by Gasteiger charge is -2.28. The van der Waals surface area contributed by atoms with Gasteiger partial charge in [0.2, 0.25) is 0 Å². The van der Waals surface area contributed by atoms with E-state index in [4.69, 9.17) is 4.74 Å². The van der Waals surface area contributed by atoms with Crippen molar-refractivity contribution in [2.75, 3.05) is 13.2 Å². The van der Waals surface area contributed by atoms with Crippen molar-refractivity contribution in [3.05, 3.63) is 65.4 Å². The first-order chi connectivity index (χ1) is 12.3. The van der Waals surface area contributed by atoms with Gasteiger partial charge in [0.1, 0.15) is 0 Å². The average Bonchev–Trinajstić information content (AvgIpc) is 3.09. The number of nitrogens with zero attached hydrogens (tertiary/aromatic N) is 3. The van der Waals surface area contributed by atoms with Gasteiger partial charge in [0.25, 0.3) is 5.91 Å². The molecule has 0 bridgehead atoms. The van der Waals surface area contributed by atoms with E-state index in [0.29, 0.717) is 13.2 Å². The SMILES string of the molecule is O=C(C1=COCCC1)N1CCc2c(ncn2CCc2ccccc2)C1. The standard InChI is InChI=1S/C20H23N3O2/c24-20(17-7-4-12-25-14-17)22-11-9-19-18(13-22)21-15-23(19)10-8-16-5-2-1-3-6-16/h1-3,5-6,14-15H,4,7-13H2. The molecule has 1 aromatic heterocycles. The number of fused-ring (bicyclic) bond motifs is 1. The highest BCUT2D eigenvalue weighted by molar-refractivity contribution is 5.93. The number of rotatable bonds is 4. The smallest absolute Gasteiger partial charge is 0.253 e. The van der Waals surface area contributed by atoms with Gasteiger partial charge in [-0.1, -0.05) is 30.3 Å². The van der Waals surface area contributed by atoms with E-state index in [1.54, 1.807) is 6.26 Å². The number of benzene rings is 1. The van der Waals surface area contributed by atoms with Crippen LogP contribution in [0, 0.1) is 0 Å². The molecular formula is C20H23N3O2. The molecule has 5 nitrogen and oxygen atoms in total. The number of aryl methyl sites for hydroxylation is 2. The lowest BCUT2D eigenvalue weighted by atomic mass is 10.1. The molecule has 25 heavy (non-hydrogen) atoms. The maximum atomic E-state index is 12.6. The average molecular weight is 337 g/mol. The van der Waals surface area contributed by atoms with Gasteiger partial charge in [-0.15, -0.1) is 0 Å². The van der Waals surface area contributed by atoms with Crippen LogP contribution in [-0.2, 0) is 35.5 Å². The third-order valence-electron chi connectivity index (χ3n) is 4.97. The third kappa shape index (κ3) is 3.45. The Morgan fingerprint density at radius 2 is 2.08 bits per heavy atom. The minimum Gasteiger partial charge on any atom is -0.501 e. The van der Waals surface area contributed by atoms with Crippen molar-refractivity contribution >= 4 is 5.91 Å². The normalized spacial score (nSPS) is 16.8. The summed E-state index contributed by atoms with van der Waals surface area (Å²) in [6.07, 6.45) is 7.16. The van der Waals surface area contributed by atoms with Gasteiger partial charge in [0, 0.05) is 25.2 Å². The Morgan fingerprint density at radius 1 is 1.20 bits per heavy atom. The molecule has 0 fully saturated rings. The molecule has 2 aliphatic rings. The summed E-state index contributed by atoms with van der Waals surface area (Å²) in [5.41, 5.74) is 4.43. The van der Waals surface area contributed by atoms with E-state index in [1.807, 2.05) is 17.3 Å². The van der Waals surface area contributed by atoms with Crippen LogP contribution >= 0.6 is 0 Å². The van der Waals surface area contributed by atoms with Crippen LogP contribution in [0.15, 0.2) is 48.5 Å². The van der Waals surface area contributed by atoms with Gasteiger partial charge >= 0.3 is 0 Å². The maximum Gasteiger partial charge on any atom is 0.253 e. The molecule has 3 heterocycles. The van der Waals surface area contributed by atoms with Crippen molar-refractivity contribution in [2.45, 2.75) is 38.8 Å². The number of carbonyl (C=O) groups is 1. The van der Waals surface area contributed by atoms with Crippen molar-refractivity contribution in [1.82, 2.24) is 14.5 Å². The van der Waals surface area contributed by atoms with Gasteiger partial charge in [-0.3, -0.25) is 4.79 Å². The summed E-state index contributed by atoms with van der Waals surface area (Å²) in [5, 5.41) is 0. The van der Waals surface area contributed by atoms with Crippen molar-refractivity contribution in [1.29, 1.82) is 0 Å². The molecule has 0 saturated carbocycles. The van der Waals surface area contributed by atoms with Crippen molar-refractivity contribution in [3.8, 4) is 0 Å². The molecule has 1 amide bonds. The third-order valence-corrected chi connectivity index (χ3v) is 4.97. The molecule has 0 N–H and O–H groups in total. The maximum absolute atomic E-state index is 12.6. The molecule has 0 radical (unpaired) electrons. The molecule has 2 aliphatic heterocycles. The number of carbonyl (C=O) groups excluding carboxylic acids is 1. The van der Waals surface area contributed by atoms with E-state index >= 15 is 0 Å². The zero-order valence-corrected chi connectivity index (χ0v) is 14.4. The fraction of sp³-hybridized carbons (Fsp3) is 0.400. The van der Waals surface area contributed by atoms with Crippen LogP contribution in [0.25, 0.3) is 0 Å². The molecule has 0 aliphatic carbocycles. The van der Waals surface area contributed by atoms with Crippen molar-refractivity contribution < 1.29 is 9.53 Å². The molecule has 0 unspecified atom stereocenters. The summed E-state index contributed by atoms with van der Waals surface area (Å²) < 4.78 is 7.56. The van der Waals surface area contributed by atoms with Gasteiger partial charge in [-0.05, 0) is 24.8 Å². The number of amides is 1. The number of ether oxygens (including phenoxy) is 1. The summed E-state index contributed by atoms with van der Waals surface area (Å²) >= 11 is 0. The minimum atomic E-state index is 0.101. The lowest BCUT2D eigenvalue weighted by Crippen LogP contribution is -2.37. The molecule has 0 spiro atoms. The predicted molar refractivity (Wildman–Crippen MR) is 94.8 cm³/mol. The zero-order chi connectivity index (χ0) is 17.1. The quantitative estimate of drug-likeness (QED) is 0.862. The predicted octanol–water partition coefficient (Wildman–Crippen LogP) is 2.70. The molecule has 0 saturated heterocycles. The largest absolute Gasteiger partial charge is 0.501 e. The summed E-state index contributed by atoms with van der Waals surface area (Å²) in [5.74, 6) is 0.101. The zero-order valence-electron chi connectivity index (χ0n) is 14.4. The van der Waals surface area contributed by atoms with E-state index in [9.17, 15) is 4.79 Å². The molecular weight excluding hydrogens is 314 g/mol. The van der Waals surface area contributed by atoms with Crippen molar-refractivity contribution in [3.63, 3.8) is 0 Å². The number of aromatic nitrogens is 2. The van der Waals surface area contributed by atoms with E-state index < -0.39 is 0 Å². The molecule has 130 valence electrons. The van der Waals surface area contributed by atoms with Gasteiger partial charge < -0.3 is 14.2 Å². The van der Waals surface area contributed by atoms with Gasteiger partial charge in [0.15, 0.2) is 0 Å². The van der Waals surface area contributed by atoms with Crippen LogP contribution in [-0.4, -0.2) is 33.5 Å². The Balaban J connectivity index is 1.42. The monoisotopic (exact) mass is 337 g/mol. The molecule has 2 aromatic rings. The fourth-order valence-electron chi connectivity index (χ4n) is 3.56. The van der Waals surface area contributed by atoms with Crippen LogP contribution < -0.4 is 0 Å². The first kappa shape index (κ1) is 15.9. The fourth-order valence-corrected chi connectivity index (χ4v) is 3.56. The van der Waals surface area contributed by atoms with Crippen molar-refractivity contribution in [2.24, 2.45) is 0 Å². The van der Waals surface area contributed by atoms with Gasteiger partial charge in [0.05, 0.1) is 37.0 Å². The summed E-state index contributed by atoms with van der Waals surface area (Å²) in [6.45, 7) is 3.00. The van der Waals surface area contributed by atoms with E-state index in [0.717, 1.165) is 50.0 Å². The van der Waals surface area contributed by atoms with Crippen LogP contribution in [0.3, 0.4) is 0 Å². The second-order valence-electron chi connectivity index (χ2n) is 6.66. The highest BCUT2D eigenvalue weighted by Gasteiger charge is 2.26. The van der Waals surface area contributed by atoms with Gasteiger partial charge in [-0.2, -0.15) is 0 Å². The first-order valence-corrected chi connectivity index (χ1v) is 8.98. The molecule has 5 heteroatoms. The number of hydrogen-bond donors (Lipinski definition) is 0. The molecule has 1 aromatic carbocycles. The second-order valence-corrected chi connectivity index (χ2v) is 6.66. The topological polar surface area (TPSA) is 47.4 Å². The van der Waals surface area contributed by atoms with Crippen LogP contribution in [0.5, 0.6) is 0 Å². The Morgan fingerprint density at radius 3 is 2.88 bits per heavy atom. The second kappa shape index (κ2) is 7.13. The Labute approximate surface area is 147 Å². The first-order valence-electron chi connectivity index (χ1n) is 8.98. The van der Waals surface area contributed by atoms with Crippen LogP contribution in [0.4, 0.5) is 0 Å². The summed E-state index contributed by atoms with van der Waals surface area (Å²) in [4.78, 5) is 19.1. The Hall–Kier alpha value is -2.56. The van der Waals surface area contributed by atoms with Crippen LogP contribution in [0.2, 0.25) is 0 Å².